The van der Waals surface area contributed by atoms with Gasteiger partial charge in [0.05, 0.1) is 18.2 Å². The first-order valence-electron chi connectivity index (χ1n) is 11.1. The Balaban J connectivity index is 1.96. The zero-order valence-electron chi connectivity index (χ0n) is 19.3. The molecular formula is C25H32N2O5. The summed E-state index contributed by atoms with van der Waals surface area (Å²) >= 11 is 0. The van der Waals surface area contributed by atoms with E-state index in [4.69, 9.17) is 9.15 Å². The van der Waals surface area contributed by atoms with Gasteiger partial charge in [0.15, 0.2) is 11.5 Å². The number of nitrogens with zero attached hydrogens (tertiary/aromatic N) is 2. The number of ketones is 1. The molecule has 1 aliphatic heterocycles. The van der Waals surface area contributed by atoms with Crippen LogP contribution in [-0.4, -0.2) is 60.4 Å². The summed E-state index contributed by atoms with van der Waals surface area (Å²) < 4.78 is 11.4. The van der Waals surface area contributed by atoms with Gasteiger partial charge in [0, 0.05) is 13.1 Å². The second-order valence-corrected chi connectivity index (χ2v) is 8.33. The number of carbonyl (C=O) groups excluding carboxylic acids is 2. The van der Waals surface area contributed by atoms with Crippen molar-refractivity contribution in [1.82, 2.24) is 9.80 Å². The summed E-state index contributed by atoms with van der Waals surface area (Å²) in [6.07, 6.45) is 3.16. The lowest BCUT2D eigenvalue weighted by molar-refractivity contribution is -0.129. The van der Waals surface area contributed by atoms with E-state index in [1.807, 2.05) is 43.3 Å². The third-order valence-corrected chi connectivity index (χ3v) is 5.49. The molecule has 1 atom stereocenters. The second-order valence-electron chi connectivity index (χ2n) is 8.33. The highest BCUT2D eigenvalue weighted by Crippen LogP contribution is 2.40. The number of ether oxygens (including phenoxy) is 1. The molecule has 0 bridgehead atoms. The third kappa shape index (κ3) is 5.22. The topological polar surface area (TPSA) is 83.2 Å². The lowest BCUT2D eigenvalue weighted by atomic mass is 9.95. The zero-order valence-corrected chi connectivity index (χ0v) is 19.3. The quantitative estimate of drug-likeness (QED) is 0.414. The fourth-order valence-corrected chi connectivity index (χ4v) is 3.78. The van der Waals surface area contributed by atoms with E-state index in [0.29, 0.717) is 36.8 Å². The Morgan fingerprint density at radius 3 is 2.66 bits per heavy atom. The van der Waals surface area contributed by atoms with Crippen LogP contribution in [0.2, 0.25) is 0 Å². The van der Waals surface area contributed by atoms with Gasteiger partial charge < -0.3 is 24.1 Å². The zero-order chi connectivity index (χ0) is 23.3. The number of aryl methyl sites for hydroxylation is 1. The monoisotopic (exact) mass is 440 g/mol. The second kappa shape index (κ2) is 10.5. The van der Waals surface area contributed by atoms with E-state index in [0.717, 1.165) is 19.3 Å². The lowest BCUT2D eigenvalue weighted by Crippen LogP contribution is -2.36. The number of aliphatic hydroxyl groups excluding tert-OH is 1. The van der Waals surface area contributed by atoms with Gasteiger partial charge in [-0.25, -0.2) is 0 Å². The van der Waals surface area contributed by atoms with Gasteiger partial charge in [-0.2, -0.15) is 0 Å². The van der Waals surface area contributed by atoms with Gasteiger partial charge in [-0.1, -0.05) is 31.9 Å². The number of rotatable bonds is 11. The van der Waals surface area contributed by atoms with E-state index in [1.165, 1.54) is 4.90 Å². The van der Waals surface area contributed by atoms with E-state index in [9.17, 15) is 14.7 Å². The largest absolute Gasteiger partial charge is 0.503 e. The molecule has 1 aromatic carbocycles. The van der Waals surface area contributed by atoms with Crippen LogP contribution in [0.1, 0.15) is 54.1 Å². The van der Waals surface area contributed by atoms with Crippen molar-refractivity contribution in [2.24, 2.45) is 0 Å². The first-order chi connectivity index (χ1) is 15.3. The number of unbranched alkanes of at least 4 members (excludes halogenated alkanes) is 2. The molecule has 32 heavy (non-hydrogen) atoms. The molecule has 7 nitrogen and oxygen atoms in total. The maximum absolute atomic E-state index is 13.3. The molecule has 1 aliphatic rings. The number of benzene rings is 1. The summed E-state index contributed by atoms with van der Waals surface area (Å²) in [6, 6.07) is 9.91. The Morgan fingerprint density at radius 1 is 1.22 bits per heavy atom. The molecule has 0 fully saturated rings. The van der Waals surface area contributed by atoms with E-state index in [1.54, 1.807) is 19.1 Å². The van der Waals surface area contributed by atoms with Crippen LogP contribution in [0.25, 0.3) is 0 Å². The molecular weight excluding hydrogens is 408 g/mol. The fraction of sp³-hybridized carbons (Fsp3) is 0.440. The molecule has 0 saturated carbocycles. The number of hydrogen-bond donors (Lipinski definition) is 1. The number of hydrogen-bond acceptors (Lipinski definition) is 6. The Morgan fingerprint density at radius 2 is 2.00 bits per heavy atom. The van der Waals surface area contributed by atoms with Crippen LogP contribution in [-0.2, 0) is 4.79 Å². The molecule has 7 heteroatoms. The van der Waals surface area contributed by atoms with Gasteiger partial charge in [-0.05, 0) is 57.3 Å². The molecule has 3 rings (SSSR count). The normalized spacial score (nSPS) is 16.3. The molecule has 1 aromatic heterocycles. The Bertz CT molecular complexity index is 992. The Labute approximate surface area is 189 Å². The lowest BCUT2D eigenvalue weighted by Gasteiger charge is -2.28. The maximum atomic E-state index is 13.3. The van der Waals surface area contributed by atoms with Crippen molar-refractivity contribution in [3.05, 3.63) is 64.8 Å². The standard InChI is InChI=1S/C25H32N2O5/c1-5-6-7-15-31-19-10-8-9-18(16-19)22-21(23(28)20-12-11-17(2)32-20)24(29)25(30)27(22)14-13-26(3)4/h8-12,16,22,29H,5-7,13-15H2,1-4H3. The smallest absolute Gasteiger partial charge is 0.290 e. The summed E-state index contributed by atoms with van der Waals surface area (Å²) in [6.45, 7) is 5.42. The number of furan rings is 1. The fourth-order valence-electron chi connectivity index (χ4n) is 3.78. The average Bonchev–Trinajstić information content (AvgIpc) is 3.31. The molecule has 0 radical (unpaired) electrons. The summed E-state index contributed by atoms with van der Waals surface area (Å²) in [5.41, 5.74) is 0.743. The van der Waals surface area contributed by atoms with Gasteiger partial charge in [-0.15, -0.1) is 0 Å². The molecule has 1 N–H and O–H groups in total. The number of Topliss-reactive ketones (excluding diaryl/α,β-unsaturated/α-hetero) is 1. The SMILES string of the molecule is CCCCCOc1cccc(C2C(C(=O)c3ccc(C)o3)=C(O)C(=O)N2CCN(C)C)c1. The van der Waals surface area contributed by atoms with E-state index < -0.39 is 23.5 Å². The van der Waals surface area contributed by atoms with Gasteiger partial charge in [-0.3, -0.25) is 9.59 Å². The molecule has 172 valence electrons. The number of amides is 1. The summed E-state index contributed by atoms with van der Waals surface area (Å²) in [5.74, 6) is -0.217. The summed E-state index contributed by atoms with van der Waals surface area (Å²) in [5, 5.41) is 10.7. The highest BCUT2D eigenvalue weighted by Gasteiger charge is 2.44. The van der Waals surface area contributed by atoms with E-state index in [2.05, 4.69) is 6.92 Å². The van der Waals surface area contributed by atoms with Gasteiger partial charge >= 0.3 is 0 Å². The number of carbonyl (C=O) groups is 2. The minimum atomic E-state index is -0.723. The molecule has 2 heterocycles. The molecule has 0 aliphatic carbocycles. The van der Waals surface area contributed by atoms with Crippen LogP contribution in [0.5, 0.6) is 5.75 Å². The van der Waals surface area contributed by atoms with Crippen LogP contribution in [0.3, 0.4) is 0 Å². The molecule has 1 unspecified atom stereocenters. The van der Waals surface area contributed by atoms with Crippen LogP contribution < -0.4 is 4.74 Å². The molecule has 1 amide bonds. The first-order valence-corrected chi connectivity index (χ1v) is 11.1. The maximum Gasteiger partial charge on any atom is 0.290 e. The van der Waals surface area contributed by atoms with Crippen LogP contribution >= 0.6 is 0 Å². The minimum Gasteiger partial charge on any atom is -0.503 e. The van der Waals surface area contributed by atoms with Crippen molar-refractivity contribution in [3.8, 4) is 5.75 Å². The Hall–Kier alpha value is -3.06. The predicted octanol–water partition coefficient (Wildman–Crippen LogP) is 4.30. The van der Waals surface area contributed by atoms with Gasteiger partial charge in [0.25, 0.3) is 5.91 Å². The van der Waals surface area contributed by atoms with Crippen LogP contribution in [0.4, 0.5) is 0 Å². The summed E-state index contributed by atoms with van der Waals surface area (Å²) in [4.78, 5) is 29.7. The summed E-state index contributed by atoms with van der Waals surface area (Å²) in [7, 11) is 3.82. The highest BCUT2D eigenvalue weighted by atomic mass is 16.5. The number of aliphatic hydroxyl groups is 1. The van der Waals surface area contributed by atoms with E-state index in [-0.39, 0.29) is 11.3 Å². The average molecular weight is 441 g/mol. The van der Waals surface area contributed by atoms with Crippen molar-refractivity contribution in [1.29, 1.82) is 0 Å². The first kappa shape index (κ1) is 23.6. The molecule has 0 spiro atoms. The van der Waals surface area contributed by atoms with Crippen molar-refractivity contribution < 1.29 is 23.8 Å². The van der Waals surface area contributed by atoms with Crippen molar-refractivity contribution >= 4 is 11.7 Å². The minimum absolute atomic E-state index is 0.0336. The van der Waals surface area contributed by atoms with Gasteiger partial charge in [0.2, 0.25) is 5.78 Å². The van der Waals surface area contributed by atoms with Crippen LogP contribution in [0.15, 0.2) is 52.1 Å². The van der Waals surface area contributed by atoms with Crippen LogP contribution in [0, 0.1) is 6.92 Å². The Kier molecular flexibility index (Phi) is 7.75. The molecule has 0 saturated heterocycles. The third-order valence-electron chi connectivity index (χ3n) is 5.49. The van der Waals surface area contributed by atoms with Crippen molar-refractivity contribution in [3.63, 3.8) is 0 Å². The predicted molar refractivity (Wildman–Crippen MR) is 122 cm³/mol. The highest BCUT2D eigenvalue weighted by molar-refractivity contribution is 6.15. The van der Waals surface area contributed by atoms with Crippen molar-refractivity contribution in [2.45, 2.75) is 39.2 Å². The van der Waals surface area contributed by atoms with Gasteiger partial charge in [0.1, 0.15) is 11.5 Å². The van der Waals surface area contributed by atoms with Crippen molar-refractivity contribution in [2.75, 3.05) is 33.8 Å². The number of likely N-dealkylation sites (N-methyl/N-ethyl adjacent to an activating group) is 1. The molecule has 2 aromatic rings. The van der Waals surface area contributed by atoms with E-state index >= 15 is 0 Å².